The van der Waals surface area contributed by atoms with Gasteiger partial charge < -0.3 is 10.0 Å². The molecule has 1 fully saturated rings. The lowest BCUT2D eigenvalue weighted by Gasteiger charge is -2.36. The van der Waals surface area contributed by atoms with E-state index >= 15 is 0 Å². The van der Waals surface area contributed by atoms with Crippen LogP contribution < -0.4 is 4.90 Å². The lowest BCUT2D eigenvalue weighted by molar-refractivity contribution is 0.252. The van der Waals surface area contributed by atoms with Gasteiger partial charge in [0.05, 0.1) is 0 Å². The molecule has 1 aliphatic rings. The van der Waals surface area contributed by atoms with Crippen LogP contribution in [-0.4, -0.2) is 42.7 Å². The molecule has 0 bridgehead atoms. The van der Waals surface area contributed by atoms with E-state index in [-0.39, 0.29) is 0 Å². The fourth-order valence-corrected chi connectivity index (χ4v) is 2.68. The molecule has 0 atom stereocenters. The van der Waals surface area contributed by atoms with Gasteiger partial charge in [0, 0.05) is 37.9 Å². The van der Waals surface area contributed by atoms with Crippen LogP contribution in [0.15, 0.2) is 24.3 Å². The molecule has 0 aliphatic carbocycles. The normalized spacial score (nSPS) is 16.8. The Morgan fingerprint density at radius 2 is 1.84 bits per heavy atom. The van der Waals surface area contributed by atoms with Crippen LogP contribution >= 0.6 is 0 Å². The van der Waals surface area contributed by atoms with Crippen LogP contribution in [0.2, 0.25) is 0 Å². The number of rotatable bonds is 6. The van der Waals surface area contributed by atoms with Gasteiger partial charge in [0.25, 0.3) is 0 Å². The number of phenolic OH excluding ortho intramolecular Hbond substituents is 1. The summed E-state index contributed by atoms with van der Waals surface area (Å²) in [4.78, 5) is 4.93. The third kappa shape index (κ3) is 4.43. The molecule has 0 unspecified atom stereocenters. The van der Waals surface area contributed by atoms with Crippen molar-refractivity contribution in [1.82, 2.24) is 4.90 Å². The fourth-order valence-electron chi connectivity index (χ4n) is 2.68. The van der Waals surface area contributed by atoms with E-state index in [1.807, 2.05) is 12.1 Å². The largest absolute Gasteiger partial charge is 0.508 e. The van der Waals surface area contributed by atoms with Crippen molar-refractivity contribution in [3.05, 3.63) is 24.3 Å². The first-order valence-corrected chi connectivity index (χ1v) is 7.56. The molecular formula is C16H26N2O. The Kier molecular flexibility index (Phi) is 5.52. The Morgan fingerprint density at radius 3 is 2.53 bits per heavy atom. The molecule has 0 radical (unpaired) electrons. The quantitative estimate of drug-likeness (QED) is 0.798. The zero-order valence-corrected chi connectivity index (χ0v) is 12.0. The average molecular weight is 262 g/mol. The highest BCUT2D eigenvalue weighted by molar-refractivity contribution is 5.50. The monoisotopic (exact) mass is 262 g/mol. The highest BCUT2D eigenvalue weighted by Gasteiger charge is 2.16. The van der Waals surface area contributed by atoms with Gasteiger partial charge in [0.2, 0.25) is 0 Å². The third-order valence-corrected chi connectivity index (χ3v) is 3.90. The Bertz CT molecular complexity index is 373. The molecule has 3 nitrogen and oxygen atoms in total. The van der Waals surface area contributed by atoms with Crippen LogP contribution in [0.25, 0.3) is 0 Å². The van der Waals surface area contributed by atoms with E-state index in [4.69, 9.17) is 0 Å². The van der Waals surface area contributed by atoms with Crippen molar-refractivity contribution in [3.8, 4) is 5.75 Å². The summed E-state index contributed by atoms with van der Waals surface area (Å²) < 4.78 is 0. The summed E-state index contributed by atoms with van der Waals surface area (Å²) in [5, 5.41) is 9.53. The van der Waals surface area contributed by atoms with Gasteiger partial charge in [0.1, 0.15) is 5.75 Å². The van der Waals surface area contributed by atoms with Crippen LogP contribution in [0.3, 0.4) is 0 Å². The maximum Gasteiger partial charge on any atom is 0.117 e. The zero-order valence-electron chi connectivity index (χ0n) is 12.0. The minimum absolute atomic E-state index is 0.361. The Hall–Kier alpha value is -1.22. The number of anilines is 1. The van der Waals surface area contributed by atoms with E-state index in [1.54, 1.807) is 6.07 Å². The minimum atomic E-state index is 0.361. The van der Waals surface area contributed by atoms with E-state index in [2.05, 4.69) is 22.8 Å². The van der Waals surface area contributed by atoms with Crippen LogP contribution in [-0.2, 0) is 0 Å². The maximum absolute atomic E-state index is 9.53. The highest BCUT2D eigenvalue weighted by Crippen LogP contribution is 2.21. The van der Waals surface area contributed by atoms with E-state index in [1.165, 1.54) is 32.2 Å². The molecule has 2 rings (SSSR count). The Labute approximate surface area is 116 Å². The van der Waals surface area contributed by atoms with E-state index in [0.717, 1.165) is 31.9 Å². The van der Waals surface area contributed by atoms with Crippen LogP contribution in [0.5, 0.6) is 5.75 Å². The second-order valence-electron chi connectivity index (χ2n) is 5.41. The van der Waals surface area contributed by atoms with Crippen molar-refractivity contribution in [1.29, 1.82) is 0 Å². The molecular weight excluding hydrogens is 236 g/mol. The predicted molar refractivity (Wildman–Crippen MR) is 80.9 cm³/mol. The van der Waals surface area contributed by atoms with Crippen molar-refractivity contribution in [3.63, 3.8) is 0 Å². The van der Waals surface area contributed by atoms with Gasteiger partial charge in [-0.15, -0.1) is 0 Å². The van der Waals surface area contributed by atoms with Gasteiger partial charge in [-0.1, -0.05) is 32.3 Å². The van der Waals surface area contributed by atoms with Crippen molar-refractivity contribution < 1.29 is 5.11 Å². The number of nitrogens with zero attached hydrogens (tertiary/aromatic N) is 2. The van der Waals surface area contributed by atoms with Crippen molar-refractivity contribution >= 4 is 5.69 Å². The molecule has 0 spiro atoms. The Balaban J connectivity index is 1.73. The number of unbranched alkanes of at least 4 members (excludes halogenated alkanes) is 3. The number of benzene rings is 1. The van der Waals surface area contributed by atoms with E-state index in [9.17, 15) is 5.11 Å². The van der Waals surface area contributed by atoms with Gasteiger partial charge in [0.15, 0.2) is 0 Å². The fraction of sp³-hybridized carbons (Fsp3) is 0.625. The second kappa shape index (κ2) is 7.39. The number of aromatic hydroxyl groups is 1. The SMILES string of the molecule is CCCCCCN1CCN(c2cccc(O)c2)CC1. The topological polar surface area (TPSA) is 26.7 Å². The molecule has 0 saturated carbocycles. The van der Waals surface area contributed by atoms with Gasteiger partial charge in [-0.3, -0.25) is 4.90 Å². The van der Waals surface area contributed by atoms with Crippen LogP contribution in [0.1, 0.15) is 32.6 Å². The second-order valence-corrected chi connectivity index (χ2v) is 5.41. The zero-order chi connectivity index (χ0) is 13.5. The third-order valence-electron chi connectivity index (χ3n) is 3.90. The van der Waals surface area contributed by atoms with Gasteiger partial charge in [-0.2, -0.15) is 0 Å². The van der Waals surface area contributed by atoms with E-state index < -0.39 is 0 Å². The molecule has 1 aromatic carbocycles. The number of phenols is 1. The predicted octanol–water partition coefficient (Wildman–Crippen LogP) is 3.09. The van der Waals surface area contributed by atoms with E-state index in [0.29, 0.717) is 5.75 Å². The van der Waals surface area contributed by atoms with Crippen molar-refractivity contribution in [2.24, 2.45) is 0 Å². The molecule has 1 N–H and O–H groups in total. The van der Waals surface area contributed by atoms with Gasteiger partial charge in [-0.05, 0) is 25.1 Å². The van der Waals surface area contributed by atoms with Crippen molar-refractivity contribution in [2.75, 3.05) is 37.6 Å². The minimum Gasteiger partial charge on any atom is -0.508 e. The summed E-state index contributed by atoms with van der Waals surface area (Å²) >= 11 is 0. The summed E-state index contributed by atoms with van der Waals surface area (Å²) in [5.74, 6) is 0.361. The van der Waals surface area contributed by atoms with Crippen molar-refractivity contribution in [2.45, 2.75) is 32.6 Å². The molecule has 1 aliphatic heterocycles. The summed E-state index contributed by atoms with van der Waals surface area (Å²) in [6, 6.07) is 7.59. The summed E-state index contributed by atoms with van der Waals surface area (Å²) in [6.45, 7) is 7.92. The Morgan fingerprint density at radius 1 is 1.05 bits per heavy atom. The molecule has 106 valence electrons. The number of hydrogen-bond acceptors (Lipinski definition) is 3. The van der Waals surface area contributed by atoms with Crippen LogP contribution in [0, 0.1) is 0 Å². The number of piperazine rings is 1. The first-order valence-electron chi connectivity index (χ1n) is 7.56. The first kappa shape index (κ1) is 14.2. The lowest BCUT2D eigenvalue weighted by atomic mass is 10.2. The lowest BCUT2D eigenvalue weighted by Crippen LogP contribution is -2.46. The molecule has 1 aromatic rings. The molecule has 19 heavy (non-hydrogen) atoms. The summed E-state index contributed by atoms with van der Waals surface area (Å²) in [6.07, 6.45) is 5.37. The molecule has 3 heteroatoms. The average Bonchev–Trinajstić information content (AvgIpc) is 2.44. The molecule has 0 amide bonds. The molecule has 1 heterocycles. The smallest absolute Gasteiger partial charge is 0.117 e. The summed E-state index contributed by atoms with van der Waals surface area (Å²) in [7, 11) is 0. The first-order chi connectivity index (χ1) is 9.29. The maximum atomic E-state index is 9.53. The molecule has 1 saturated heterocycles. The molecule has 0 aromatic heterocycles. The standard InChI is InChI=1S/C16H26N2O/c1-2-3-4-5-9-17-10-12-18(13-11-17)15-7-6-8-16(19)14-15/h6-8,14,19H,2-5,9-13H2,1H3. The number of hydrogen-bond donors (Lipinski definition) is 1. The summed E-state index contributed by atoms with van der Waals surface area (Å²) in [5.41, 5.74) is 1.14. The van der Waals surface area contributed by atoms with Crippen LogP contribution in [0.4, 0.5) is 5.69 Å². The highest BCUT2D eigenvalue weighted by atomic mass is 16.3. The van der Waals surface area contributed by atoms with Gasteiger partial charge >= 0.3 is 0 Å². The van der Waals surface area contributed by atoms with Gasteiger partial charge in [-0.25, -0.2) is 0 Å².